The Balaban J connectivity index is 2.36. The Morgan fingerprint density at radius 2 is 2.00 bits per heavy atom. The summed E-state index contributed by atoms with van der Waals surface area (Å²) in [6.07, 6.45) is 5.42. The number of pyridine rings is 1. The number of carbonyl (C=O) groups excluding carboxylic acids is 1. The van der Waals surface area contributed by atoms with Crippen LogP contribution in [-0.2, 0) is 11.3 Å². The lowest BCUT2D eigenvalue weighted by Gasteiger charge is -2.23. The number of ether oxygens (including phenoxy) is 1. The number of hydrogen-bond donors (Lipinski definition) is 2. The zero-order valence-electron chi connectivity index (χ0n) is 11.5. The molecule has 2 N–H and O–H groups in total. The van der Waals surface area contributed by atoms with E-state index in [0.29, 0.717) is 12.5 Å². The van der Waals surface area contributed by atoms with Crippen LogP contribution in [-0.4, -0.2) is 27.9 Å². The van der Waals surface area contributed by atoms with E-state index in [2.05, 4.69) is 4.74 Å². The molecule has 0 radical (unpaired) electrons. The van der Waals surface area contributed by atoms with E-state index in [1.165, 1.54) is 6.42 Å². The van der Waals surface area contributed by atoms with Crippen molar-refractivity contribution in [2.75, 3.05) is 7.11 Å². The van der Waals surface area contributed by atoms with Crippen LogP contribution in [0.15, 0.2) is 10.9 Å². The van der Waals surface area contributed by atoms with E-state index < -0.39 is 23.2 Å². The minimum absolute atomic E-state index is 0.308. The third kappa shape index (κ3) is 2.79. The zero-order chi connectivity index (χ0) is 14.7. The van der Waals surface area contributed by atoms with Gasteiger partial charge in [-0.15, -0.1) is 0 Å². The number of hydrogen-bond acceptors (Lipinski definition) is 5. The van der Waals surface area contributed by atoms with Gasteiger partial charge in [-0.25, -0.2) is 4.79 Å². The summed E-state index contributed by atoms with van der Waals surface area (Å²) in [4.78, 5) is 23.4. The van der Waals surface area contributed by atoms with Crippen LogP contribution in [0.3, 0.4) is 0 Å². The lowest BCUT2D eigenvalue weighted by atomic mass is 9.89. The molecule has 1 aliphatic carbocycles. The third-order valence-corrected chi connectivity index (χ3v) is 3.82. The second-order valence-electron chi connectivity index (χ2n) is 5.17. The predicted molar refractivity (Wildman–Crippen MR) is 71.9 cm³/mol. The van der Waals surface area contributed by atoms with Gasteiger partial charge in [0.05, 0.1) is 7.11 Å². The molecule has 1 aliphatic rings. The summed E-state index contributed by atoms with van der Waals surface area (Å²) in [6.45, 7) is 0.356. The Morgan fingerprint density at radius 3 is 2.60 bits per heavy atom. The molecule has 0 amide bonds. The van der Waals surface area contributed by atoms with Crippen LogP contribution < -0.4 is 5.56 Å². The highest BCUT2D eigenvalue weighted by Gasteiger charge is 2.24. The van der Waals surface area contributed by atoms with Crippen LogP contribution in [0.5, 0.6) is 11.6 Å². The highest BCUT2D eigenvalue weighted by molar-refractivity contribution is 5.94. The maximum Gasteiger partial charge on any atom is 0.347 e. The molecule has 2 rings (SSSR count). The molecule has 0 unspecified atom stereocenters. The summed E-state index contributed by atoms with van der Waals surface area (Å²) in [6, 6.07) is 0.939. The Kier molecular flexibility index (Phi) is 4.32. The largest absolute Gasteiger partial charge is 0.507 e. The Morgan fingerprint density at radius 1 is 1.35 bits per heavy atom. The molecule has 1 saturated carbocycles. The fourth-order valence-electron chi connectivity index (χ4n) is 2.72. The van der Waals surface area contributed by atoms with Crippen LogP contribution >= 0.6 is 0 Å². The molecule has 6 nitrogen and oxygen atoms in total. The molecule has 0 spiro atoms. The first-order valence-corrected chi connectivity index (χ1v) is 6.78. The van der Waals surface area contributed by atoms with Gasteiger partial charge >= 0.3 is 5.97 Å². The van der Waals surface area contributed by atoms with Gasteiger partial charge in [-0.1, -0.05) is 19.3 Å². The maximum absolute atomic E-state index is 11.9. The van der Waals surface area contributed by atoms with E-state index >= 15 is 0 Å². The van der Waals surface area contributed by atoms with Gasteiger partial charge in [-0.3, -0.25) is 9.36 Å². The lowest BCUT2D eigenvalue weighted by Crippen LogP contribution is -2.26. The Hall–Kier alpha value is -1.98. The van der Waals surface area contributed by atoms with Crippen LogP contribution in [0.1, 0.15) is 42.5 Å². The summed E-state index contributed by atoms with van der Waals surface area (Å²) in [5, 5.41) is 19.7. The maximum atomic E-state index is 11.9. The number of carbonyl (C=O) groups is 1. The molecule has 0 bridgehead atoms. The van der Waals surface area contributed by atoms with Crippen LogP contribution in [0.4, 0.5) is 0 Å². The van der Waals surface area contributed by atoms with Crippen molar-refractivity contribution in [3.8, 4) is 11.6 Å². The van der Waals surface area contributed by atoms with Crippen LogP contribution in [0.2, 0.25) is 0 Å². The van der Waals surface area contributed by atoms with Crippen molar-refractivity contribution < 1.29 is 19.7 Å². The number of nitrogens with zero attached hydrogens (tertiary/aromatic N) is 1. The van der Waals surface area contributed by atoms with Crippen molar-refractivity contribution in [1.29, 1.82) is 0 Å². The molecular weight excluding hydrogens is 262 g/mol. The van der Waals surface area contributed by atoms with Gasteiger partial charge in [0.1, 0.15) is 5.75 Å². The van der Waals surface area contributed by atoms with E-state index in [4.69, 9.17) is 0 Å². The van der Waals surface area contributed by atoms with Gasteiger partial charge in [0.25, 0.3) is 5.56 Å². The van der Waals surface area contributed by atoms with E-state index in [9.17, 15) is 19.8 Å². The predicted octanol–water partition coefficient (Wildman–Crippen LogP) is 1.63. The fourth-order valence-corrected chi connectivity index (χ4v) is 2.72. The topological polar surface area (TPSA) is 88.8 Å². The molecule has 1 heterocycles. The van der Waals surface area contributed by atoms with Crippen molar-refractivity contribution in [3.63, 3.8) is 0 Å². The molecule has 6 heteroatoms. The molecule has 0 aliphatic heterocycles. The molecule has 1 aromatic rings. The summed E-state index contributed by atoms with van der Waals surface area (Å²) in [7, 11) is 1.15. The van der Waals surface area contributed by atoms with E-state index in [-0.39, 0.29) is 5.56 Å². The van der Waals surface area contributed by atoms with Crippen molar-refractivity contribution in [1.82, 2.24) is 4.57 Å². The molecular formula is C14H19NO5. The monoisotopic (exact) mass is 281 g/mol. The fraction of sp³-hybridized carbons (Fsp3) is 0.571. The first-order valence-electron chi connectivity index (χ1n) is 6.78. The van der Waals surface area contributed by atoms with Gasteiger partial charge in [0.15, 0.2) is 5.56 Å². The van der Waals surface area contributed by atoms with Crippen molar-refractivity contribution in [2.45, 2.75) is 38.6 Å². The number of rotatable bonds is 3. The molecule has 0 aromatic carbocycles. The average Bonchev–Trinajstić information content (AvgIpc) is 2.44. The lowest BCUT2D eigenvalue weighted by molar-refractivity contribution is 0.0591. The second kappa shape index (κ2) is 5.98. The average molecular weight is 281 g/mol. The van der Waals surface area contributed by atoms with Crippen molar-refractivity contribution >= 4 is 5.97 Å². The normalized spacial score (nSPS) is 16.1. The molecule has 20 heavy (non-hydrogen) atoms. The molecule has 110 valence electrons. The standard InChI is InChI=1S/C14H19NO5/c1-20-14(19)12-10(16)7-11(17)15(13(12)18)8-9-5-3-2-4-6-9/h7,9,16,18H,2-6,8H2,1H3. The first-order chi connectivity index (χ1) is 9.54. The smallest absolute Gasteiger partial charge is 0.347 e. The summed E-state index contributed by atoms with van der Waals surface area (Å²) in [5.41, 5.74) is -0.874. The van der Waals surface area contributed by atoms with E-state index in [1.807, 2.05) is 0 Å². The van der Waals surface area contributed by atoms with Crippen LogP contribution in [0.25, 0.3) is 0 Å². The van der Waals surface area contributed by atoms with Gasteiger partial charge in [-0.05, 0) is 18.8 Å². The summed E-state index contributed by atoms with van der Waals surface area (Å²) in [5.74, 6) is -1.63. The van der Waals surface area contributed by atoms with Gasteiger partial charge < -0.3 is 14.9 Å². The molecule has 0 atom stereocenters. The van der Waals surface area contributed by atoms with Crippen molar-refractivity contribution in [2.24, 2.45) is 5.92 Å². The second-order valence-corrected chi connectivity index (χ2v) is 5.17. The van der Waals surface area contributed by atoms with Gasteiger partial charge in [0.2, 0.25) is 5.88 Å². The quantitative estimate of drug-likeness (QED) is 0.822. The van der Waals surface area contributed by atoms with Crippen molar-refractivity contribution in [3.05, 3.63) is 22.0 Å². The summed E-state index contributed by atoms with van der Waals surface area (Å²) >= 11 is 0. The number of methoxy groups -OCH3 is 1. The highest BCUT2D eigenvalue weighted by atomic mass is 16.5. The number of aromatic nitrogens is 1. The van der Waals surface area contributed by atoms with Gasteiger partial charge in [-0.2, -0.15) is 0 Å². The van der Waals surface area contributed by atoms with Gasteiger partial charge in [0, 0.05) is 12.6 Å². The molecule has 1 fully saturated rings. The number of aromatic hydroxyl groups is 2. The summed E-state index contributed by atoms with van der Waals surface area (Å²) < 4.78 is 5.65. The molecule has 0 saturated heterocycles. The third-order valence-electron chi connectivity index (χ3n) is 3.82. The zero-order valence-corrected chi connectivity index (χ0v) is 11.5. The molecule has 1 aromatic heterocycles. The highest BCUT2D eigenvalue weighted by Crippen LogP contribution is 2.29. The Labute approximate surface area is 116 Å². The minimum Gasteiger partial charge on any atom is -0.507 e. The SMILES string of the molecule is COC(=O)c1c(O)cc(=O)n(CC2CCCCC2)c1O. The number of esters is 1. The Bertz CT molecular complexity index is 557. The van der Waals surface area contributed by atoms with Crippen LogP contribution in [0, 0.1) is 5.92 Å². The van der Waals surface area contributed by atoms with E-state index in [1.54, 1.807) is 0 Å². The minimum atomic E-state index is -0.864. The first kappa shape index (κ1) is 14.4. The van der Waals surface area contributed by atoms with E-state index in [0.717, 1.165) is 43.4 Å².